The van der Waals surface area contributed by atoms with Crippen LogP contribution in [0.4, 0.5) is 0 Å². The summed E-state index contributed by atoms with van der Waals surface area (Å²) in [5.74, 6) is 1.42. The van der Waals surface area contributed by atoms with Crippen molar-refractivity contribution in [1.82, 2.24) is 4.90 Å². The molecule has 1 aliphatic rings. The molecular formula is C15H23ClN2O2. The minimum absolute atomic E-state index is 0. The van der Waals surface area contributed by atoms with E-state index in [-0.39, 0.29) is 24.4 Å². The Morgan fingerprint density at radius 3 is 2.75 bits per heavy atom. The van der Waals surface area contributed by atoms with E-state index in [0.717, 1.165) is 25.3 Å². The van der Waals surface area contributed by atoms with Crippen molar-refractivity contribution in [2.24, 2.45) is 11.7 Å². The molecule has 1 fully saturated rings. The van der Waals surface area contributed by atoms with Gasteiger partial charge in [-0.2, -0.15) is 0 Å². The summed E-state index contributed by atoms with van der Waals surface area (Å²) in [7, 11) is 0. The lowest BCUT2D eigenvalue weighted by atomic mass is 10.0. The number of para-hydroxylation sites is 1. The molecule has 0 aromatic heterocycles. The van der Waals surface area contributed by atoms with E-state index in [4.69, 9.17) is 10.5 Å². The zero-order valence-electron chi connectivity index (χ0n) is 11.8. The van der Waals surface area contributed by atoms with Gasteiger partial charge in [0.25, 0.3) is 0 Å². The van der Waals surface area contributed by atoms with Gasteiger partial charge in [0, 0.05) is 19.1 Å². The van der Waals surface area contributed by atoms with Crippen molar-refractivity contribution in [2.45, 2.75) is 25.8 Å². The number of likely N-dealkylation sites (tertiary alicyclic amines) is 1. The Morgan fingerprint density at radius 1 is 1.45 bits per heavy atom. The fourth-order valence-corrected chi connectivity index (χ4v) is 2.37. The topological polar surface area (TPSA) is 55.6 Å². The van der Waals surface area contributed by atoms with E-state index in [1.54, 1.807) is 0 Å². The van der Waals surface area contributed by atoms with Gasteiger partial charge in [0.15, 0.2) is 0 Å². The van der Waals surface area contributed by atoms with E-state index in [1.165, 1.54) is 0 Å². The van der Waals surface area contributed by atoms with Crippen molar-refractivity contribution in [3.05, 3.63) is 30.3 Å². The number of carbonyl (C=O) groups excluding carboxylic acids is 1. The summed E-state index contributed by atoms with van der Waals surface area (Å²) in [5, 5.41) is 0. The third kappa shape index (κ3) is 4.69. The molecule has 0 spiro atoms. The first-order valence-electron chi connectivity index (χ1n) is 6.88. The second kappa shape index (κ2) is 8.12. The standard InChI is InChI=1S/C15H22N2O2.ClH/c1-12(16)13-7-9-17(11-13)15(18)8-10-19-14-5-3-2-4-6-14;/h2-6,12-13H,7-11,16H2,1H3;1H. The predicted octanol–water partition coefficient (Wildman–Crippen LogP) is 2.07. The average Bonchev–Trinajstić information content (AvgIpc) is 2.89. The summed E-state index contributed by atoms with van der Waals surface area (Å²) in [6, 6.07) is 9.74. The highest BCUT2D eigenvalue weighted by atomic mass is 35.5. The highest BCUT2D eigenvalue weighted by molar-refractivity contribution is 5.85. The van der Waals surface area contributed by atoms with Gasteiger partial charge in [0.05, 0.1) is 13.0 Å². The van der Waals surface area contributed by atoms with Crippen LogP contribution in [0.3, 0.4) is 0 Å². The summed E-state index contributed by atoms with van der Waals surface area (Å²) in [4.78, 5) is 13.9. The third-order valence-electron chi connectivity index (χ3n) is 3.65. The van der Waals surface area contributed by atoms with Crippen molar-refractivity contribution in [2.75, 3.05) is 19.7 Å². The number of nitrogens with two attached hydrogens (primary N) is 1. The zero-order chi connectivity index (χ0) is 13.7. The molecule has 2 unspecified atom stereocenters. The van der Waals surface area contributed by atoms with Gasteiger partial charge in [-0.1, -0.05) is 18.2 Å². The molecule has 1 amide bonds. The van der Waals surface area contributed by atoms with E-state index in [0.29, 0.717) is 18.9 Å². The van der Waals surface area contributed by atoms with Crippen molar-refractivity contribution < 1.29 is 9.53 Å². The van der Waals surface area contributed by atoms with Crippen LogP contribution in [0.2, 0.25) is 0 Å². The summed E-state index contributed by atoms with van der Waals surface area (Å²) in [6.07, 6.45) is 1.45. The minimum Gasteiger partial charge on any atom is -0.493 e. The SMILES string of the molecule is CC(N)C1CCN(C(=O)CCOc2ccccc2)C1.Cl. The van der Waals surface area contributed by atoms with Gasteiger partial charge in [0.2, 0.25) is 5.91 Å². The molecular weight excluding hydrogens is 276 g/mol. The molecule has 1 aliphatic heterocycles. The van der Waals surface area contributed by atoms with Crippen LogP contribution in [-0.2, 0) is 4.79 Å². The predicted molar refractivity (Wildman–Crippen MR) is 82.1 cm³/mol. The fraction of sp³-hybridized carbons (Fsp3) is 0.533. The lowest BCUT2D eigenvalue weighted by Gasteiger charge is -2.18. The Balaban J connectivity index is 0.00000200. The number of carbonyl (C=O) groups is 1. The van der Waals surface area contributed by atoms with Gasteiger partial charge in [-0.15, -0.1) is 12.4 Å². The number of ether oxygens (including phenoxy) is 1. The third-order valence-corrected chi connectivity index (χ3v) is 3.65. The lowest BCUT2D eigenvalue weighted by Crippen LogP contribution is -2.33. The lowest BCUT2D eigenvalue weighted by molar-refractivity contribution is -0.130. The highest BCUT2D eigenvalue weighted by Crippen LogP contribution is 2.19. The summed E-state index contributed by atoms with van der Waals surface area (Å²) < 4.78 is 5.54. The molecule has 5 heteroatoms. The quantitative estimate of drug-likeness (QED) is 0.905. The van der Waals surface area contributed by atoms with Crippen LogP contribution < -0.4 is 10.5 Å². The molecule has 1 heterocycles. The van der Waals surface area contributed by atoms with Crippen molar-refractivity contribution >= 4 is 18.3 Å². The molecule has 0 aliphatic carbocycles. The van der Waals surface area contributed by atoms with E-state index < -0.39 is 0 Å². The van der Waals surface area contributed by atoms with Crippen LogP contribution in [0.25, 0.3) is 0 Å². The van der Waals surface area contributed by atoms with Crippen LogP contribution in [-0.4, -0.2) is 36.5 Å². The van der Waals surface area contributed by atoms with Gasteiger partial charge in [0.1, 0.15) is 5.75 Å². The van der Waals surface area contributed by atoms with Gasteiger partial charge in [-0.25, -0.2) is 0 Å². The maximum Gasteiger partial charge on any atom is 0.226 e. The molecule has 2 rings (SSSR count). The number of amides is 1. The Kier molecular flexibility index (Phi) is 6.82. The first-order valence-corrected chi connectivity index (χ1v) is 6.88. The van der Waals surface area contributed by atoms with E-state index in [9.17, 15) is 4.79 Å². The molecule has 2 atom stereocenters. The molecule has 2 N–H and O–H groups in total. The van der Waals surface area contributed by atoms with E-state index in [2.05, 4.69) is 0 Å². The van der Waals surface area contributed by atoms with E-state index >= 15 is 0 Å². The molecule has 0 saturated carbocycles. The summed E-state index contributed by atoms with van der Waals surface area (Å²) >= 11 is 0. The normalized spacial score (nSPS) is 19.3. The zero-order valence-corrected chi connectivity index (χ0v) is 12.6. The minimum atomic E-state index is 0. The van der Waals surface area contributed by atoms with Gasteiger partial charge in [-0.05, 0) is 31.4 Å². The Hall–Kier alpha value is -1.26. The molecule has 4 nitrogen and oxygen atoms in total. The number of halogens is 1. The van der Waals surface area contributed by atoms with Gasteiger partial charge in [-0.3, -0.25) is 4.79 Å². The highest BCUT2D eigenvalue weighted by Gasteiger charge is 2.27. The monoisotopic (exact) mass is 298 g/mol. The first-order chi connectivity index (χ1) is 9.16. The van der Waals surface area contributed by atoms with Crippen molar-refractivity contribution in [3.63, 3.8) is 0 Å². The summed E-state index contributed by atoms with van der Waals surface area (Å²) in [6.45, 7) is 4.07. The maximum absolute atomic E-state index is 12.0. The Morgan fingerprint density at radius 2 is 2.15 bits per heavy atom. The molecule has 20 heavy (non-hydrogen) atoms. The van der Waals surface area contributed by atoms with Crippen LogP contribution in [0.5, 0.6) is 5.75 Å². The number of hydrogen-bond donors (Lipinski definition) is 1. The molecule has 1 aromatic rings. The van der Waals surface area contributed by atoms with Crippen LogP contribution in [0, 0.1) is 5.92 Å². The fourth-order valence-electron chi connectivity index (χ4n) is 2.37. The largest absolute Gasteiger partial charge is 0.493 e. The molecule has 0 radical (unpaired) electrons. The molecule has 1 saturated heterocycles. The number of hydrogen-bond acceptors (Lipinski definition) is 3. The van der Waals surface area contributed by atoms with Crippen molar-refractivity contribution in [3.8, 4) is 5.75 Å². The van der Waals surface area contributed by atoms with Gasteiger partial charge >= 0.3 is 0 Å². The average molecular weight is 299 g/mol. The molecule has 0 bridgehead atoms. The van der Waals surface area contributed by atoms with Crippen LogP contribution in [0.15, 0.2) is 30.3 Å². The number of nitrogens with zero attached hydrogens (tertiary/aromatic N) is 1. The summed E-state index contributed by atoms with van der Waals surface area (Å²) in [5.41, 5.74) is 5.87. The van der Waals surface area contributed by atoms with Gasteiger partial charge < -0.3 is 15.4 Å². The number of benzene rings is 1. The maximum atomic E-state index is 12.0. The first kappa shape index (κ1) is 16.8. The number of rotatable bonds is 5. The second-order valence-electron chi connectivity index (χ2n) is 5.16. The Labute approximate surface area is 126 Å². The smallest absolute Gasteiger partial charge is 0.226 e. The molecule has 1 aromatic carbocycles. The molecule has 112 valence electrons. The van der Waals surface area contributed by atoms with Crippen LogP contribution >= 0.6 is 12.4 Å². The van der Waals surface area contributed by atoms with Crippen LogP contribution in [0.1, 0.15) is 19.8 Å². The van der Waals surface area contributed by atoms with Crippen molar-refractivity contribution in [1.29, 1.82) is 0 Å². The second-order valence-corrected chi connectivity index (χ2v) is 5.16. The Bertz CT molecular complexity index is 412. The van der Waals surface area contributed by atoms with E-state index in [1.807, 2.05) is 42.2 Å².